The van der Waals surface area contributed by atoms with Crippen LogP contribution in [0.4, 0.5) is 0 Å². The summed E-state index contributed by atoms with van der Waals surface area (Å²) in [5.74, 6) is 1.42. The number of rotatable bonds is 0. The Bertz CT molecular complexity index is 279. The molecule has 0 aromatic carbocycles. The summed E-state index contributed by atoms with van der Waals surface area (Å²) in [6.07, 6.45) is 12.3. The Hall–Kier alpha value is -1.24. The van der Waals surface area contributed by atoms with Crippen LogP contribution in [0.1, 0.15) is 6.92 Å². The highest BCUT2D eigenvalue weighted by molar-refractivity contribution is 5.37. The topological polar surface area (TPSA) is 9.23 Å². The van der Waals surface area contributed by atoms with Crippen molar-refractivity contribution >= 4 is 0 Å². The Kier molecular flexibility index (Phi) is 1.42. The van der Waals surface area contributed by atoms with Crippen LogP contribution in [-0.2, 0) is 4.74 Å². The standard InChI is InChI=1S/C10H10O/c1-8-6-9-4-2-3-5-10(9)7-11-8/h2-7,9H,1H3. The number of ether oxygens (including phenoxy) is 1. The highest BCUT2D eigenvalue weighted by Crippen LogP contribution is 2.25. The molecule has 0 N–H and O–H groups in total. The molecule has 0 aromatic heterocycles. The van der Waals surface area contributed by atoms with Crippen molar-refractivity contribution in [1.82, 2.24) is 0 Å². The van der Waals surface area contributed by atoms with E-state index in [1.165, 1.54) is 5.57 Å². The first-order chi connectivity index (χ1) is 5.36. The summed E-state index contributed by atoms with van der Waals surface area (Å²) in [5.41, 5.74) is 1.23. The van der Waals surface area contributed by atoms with Crippen LogP contribution in [-0.4, -0.2) is 0 Å². The van der Waals surface area contributed by atoms with Gasteiger partial charge in [0.2, 0.25) is 0 Å². The summed E-state index contributed by atoms with van der Waals surface area (Å²) in [7, 11) is 0. The van der Waals surface area contributed by atoms with Crippen molar-refractivity contribution in [2.45, 2.75) is 6.92 Å². The maximum Gasteiger partial charge on any atom is 0.0970 e. The quantitative estimate of drug-likeness (QED) is 0.510. The lowest BCUT2D eigenvalue weighted by Gasteiger charge is -2.18. The lowest BCUT2D eigenvalue weighted by atomic mass is 9.94. The molecular formula is C10H10O. The van der Waals surface area contributed by atoms with E-state index in [0.29, 0.717) is 5.92 Å². The van der Waals surface area contributed by atoms with Gasteiger partial charge in [0.25, 0.3) is 0 Å². The molecule has 0 radical (unpaired) electrons. The summed E-state index contributed by atoms with van der Waals surface area (Å²) >= 11 is 0. The van der Waals surface area contributed by atoms with Crippen molar-refractivity contribution in [3.05, 3.63) is 48.0 Å². The zero-order valence-electron chi connectivity index (χ0n) is 6.45. The van der Waals surface area contributed by atoms with Gasteiger partial charge in [0.15, 0.2) is 0 Å². The molecule has 1 aliphatic heterocycles. The zero-order chi connectivity index (χ0) is 7.68. The molecule has 0 bridgehead atoms. The minimum atomic E-state index is 0.439. The first-order valence-corrected chi connectivity index (χ1v) is 3.76. The minimum Gasteiger partial charge on any atom is -0.470 e. The van der Waals surface area contributed by atoms with Crippen LogP contribution in [0, 0.1) is 5.92 Å². The van der Waals surface area contributed by atoms with Crippen molar-refractivity contribution in [3.63, 3.8) is 0 Å². The summed E-state index contributed by atoms with van der Waals surface area (Å²) in [5, 5.41) is 0. The molecule has 1 nitrogen and oxygen atoms in total. The van der Waals surface area contributed by atoms with Crippen LogP contribution in [0.25, 0.3) is 0 Å². The molecule has 1 aliphatic carbocycles. The minimum absolute atomic E-state index is 0.439. The molecule has 1 heterocycles. The van der Waals surface area contributed by atoms with Crippen molar-refractivity contribution < 1.29 is 4.74 Å². The van der Waals surface area contributed by atoms with E-state index in [2.05, 4.69) is 24.3 Å². The maximum absolute atomic E-state index is 5.26. The molecule has 0 amide bonds. The second-order valence-electron chi connectivity index (χ2n) is 2.78. The van der Waals surface area contributed by atoms with Gasteiger partial charge in [-0.15, -0.1) is 0 Å². The number of hydrogen-bond donors (Lipinski definition) is 0. The summed E-state index contributed by atoms with van der Waals surface area (Å²) in [4.78, 5) is 0. The Morgan fingerprint density at radius 2 is 2.27 bits per heavy atom. The van der Waals surface area contributed by atoms with Crippen LogP contribution < -0.4 is 0 Å². The fraction of sp³-hybridized carbons (Fsp3) is 0.200. The summed E-state index contributed by atoms with van der Waals surface area (Å²) in [6.45, 7) is 1.97. The lowest BCUT2D eigenvalue weighted by molar-refractivity contribution is 0.335. The third kappa shape index (κ3) is 1.14. The number of fused-ring (bicyclic) bond motifs is 1. The highest BCUT2D eigenvalue weighted by Gasteiger charge is 2.13. The maximum atomic E-state index is 5.26. The van der Waals surface area contributed by atoms with Crippen LogP contribution in [0.5, 0.6) is 0 Å². The molecule has 0 saturated heterocycles. The van der Waals surface area contributed by atoms with Gasteiger partial charge in [0.05, 0.1) is 12.0 Å². The normalized spacial score (nSPS) is 26.8. The predicted octanol–water partition coefficient (Wildman–Crippen LogP) is 2.55. The molecule has 56 valence electrons. The second-order valence-corrected chi connectivity index (χ2v) is 2.78. The fourth-order valence-electron chi connectivity index (χ4n) is 1.30. The molecule has 1 heteroatoms. The van der Waals surface area contributed by atoms with Crippen molar-refractivity contribution in [3.8, 4) is 0 Å². The van der Waals surface area contributed by atoms with E-state index < -0.39 is 0 Å². The predicted molar refractivity (Wildman–Crippen MR) is 44.7 cm³/mol. The Morgan fingerprint density at radius 1 is 1.36 bits per heavy atom. The largest absolute Gasteiger partial charge is 0.470 e. The summed E-state index contributed by atoms with van der Waals surface area (Å²) in [6, 6.07) is 0. The number of allylic oxidation sites excluding steroid dienone is 7. The molecule has 0 spiro atoms. The van der Waals surface area contributed by atoms with Gasteiger partial charge in [0, 0.05) is 5.92 Å². The molecule has 2 rings (SSSR count). The van der Waals surface area contributed by atoms with Crippen molar-refractivity contribution in [1.29, 1.82) is 0 Å². The molecule has 1 atom stereocenters. The van der Waals surface area contributed by atoms with Crippen LogP contribution in [0.15, 0.2) is 48.0 Å². The Balaban J connectivity index is 2.31. The van der Waals surface area contributed by atoms with Crippen molar-refractivity contribution in [2.75, 3.05) is 0 Å². The van der Waals surface area contributed by atoms with E-state index in [9.17, 15) is 0 Å². The van der Waals surface area contributed by atoms with Crippen LogP contribution in [0.2, 0.25) is 0 Å². The van der Waals surface area contributed by atoms with Gasteiger partial charge in [0.1, 0.15) is 0 Å². The average molecular weight is 146 g/mol. The molecule has 0 fully saturated rings. The third-order valence-electron chi connectivity index (χ3n) is 1.90. The second kappa shape index (κ2) is 2.42. The van der Waals surface area contributed by atoms with E-state index in [4.69, 9.17) is 4.74 Å². The van der Waals surface area contributed by atoms with Gasteiger partial charge in [-0.25, -0.2) is 0 Å². The van der Waals surface area contributed by atoms with E-state index in [0.717, 1.165) is 5.76 Å². The van der Waals surface area contributed by atoms with Gasteiger partial charge in [-0.3, -0.25) is 0 Å². The van der Waals surface area contributed by atoms with E-state index >= 15 is 0 Å². The zero-order valence-corrected chi connectivity index (χ0v) is 6.45. The molecular weight excluding hydrogens is 136 g/mol. The molecule has 1 unspecified atom stereocenters. The van der Waals surface area contributed by atoms with Gasteiger partial charge in [-0.05, 0) is 18.6 Å². The Labute approximate surface area is 66.4 Å². The van der Waals surface area contributed by atoms with Gasteiger partial charge >= 0.3 is 0 Å². The molecule has 11 heavy (non-hydrogen) atoms. The highest BCUT2D eigenvalue weighted by atomic mass is 16.5. The molecule has 0 saturated carbocycles. The molecule has 2 aliphatic rings. The monoisotopic (exact) mass is 146 g/mol. The van der Waals surface area contributed by atoms with E-state index in [1.807, 2.05) is 19.3 Å². The lowest BCUT2D eigenvalue weighted by Crippen LogP contribution is -2.04. The Morgan fingerprint density at radius 3 is 3.18 bits per heavy atom. The van der Waals surface area contributed by atoms with Crippen LogP contribution >= 0.6 is 0 Å². The summed E-state index contributed by atoms with van der Waals surface area (Å²) < 4.78 is 5.26. The fourth-order valence-corrected chi connectivity index (χ4v) is 1.30. The molecule has 0 aromatic rings. The SMILES string of the molecule is CC1=CC2C=CC=CC2=CO1. The van der Waals surface area contributed by atoms with E-state index in [1.54, 1.807) is 0 Å². The van der Waals surface area contributed by atoms with Gasteiger partial charge in [-0.1, -0.05) is 24.3 Å². The van der Waals surface area contributed by atoms with Crippen molar-refractivity contribution in [2.24, 2.45) is 5.92 Å². The number of hydrogen-bond acceptors (Lipinski definition) is 1. The first kappa shape index (κ1) is 6.47. The van der Waals surface area contributed by atoms with Gasteiger partial charge in [-0.2, -0.15) is 0 Å². The van der Waals surface area contributed by atoms with E-state index in [-0.39, 0.29) is 0 Å². The smallest absolute Gasteiger partial charge is 0.0970 e. The van der Waals surface area contributed by atoms with Gasteiger partial charge < -0.3 is 4.74 Å². The first-order valence-electron chi connectivity index (χ1n) is 3.76. The average Bonchev–Trinajstić information content (AvgIpc) is 2.04. The third-order valence-corrected chi connectivity index (χ3v) is 1.90. The van der Waals surface area contributed by atoms with Crippen LogP contribution in [0.3, 0.4) is 0 Å².